The van der Waals surface area contributed by atoms with Gasteiger partial charge in [0.25, 0.3) is 5.91 Å². The van der Waals surface area contributed by atoms with Crippen LogP contribution in [-0.4, -0.2) is 28.4 Å². The summed E-state index contributed by atoms with van der Waals surface area (Å²) in [6.07, 6.45) is 3.34. The maximum atomic E-state index is 12.5. The van der Waals surface area contributed by atoms with Crippen LogP contribution in [0.1, 0.15) is 56.1 Å². The van der Waals surface area contributed by atoms with Gasteiger partial charge in [-0.05, 0) is 39.3 Å². The summed E-state index contributed by atoms with van der Waals surface area (Å²) in [5.41, 5.74) is 7.13. The Labute approximate surface area is 116 Å². The number of hydrogen-bond donors (Lipinski definition) is 1. The van der Waals surface area contributed by atoms with Gasteiger partial charge in [0.1, 0.15) is 5.82 Å². The van der Waals surface area contributed by atoms with Gasteiger partial charge in [-0.15, -0.1) is 0 Å². The standard InChI is InChI=1S/C15H25N3O/c1-5-6-7-8-18(11(2)3)15(19)13-9-12(4)17-14(16)10-13/h9-11H,5-8H2,1-4H3,(H2,16,17). The van der Waals surface area contributed by atoms with Gasteiger partial charge in [-0.2, -0.15) is 0 Å². The lowest BCUT2D eigenvalue weighted by molar-refractivity contribution is 0.0702. The second kappa shape index (κ2) is 7.12. The molecule has 1 aromatic rings. The number of anilines is 1. The van der Waals surface area contributed by atoms with Crippen molar-refractivity contribution in [3.05, 3.63) is 23.4 Å². The number of aromatic nitrogens is 1. The molecule has 0 saturated carbocycles. The van der Waals surface area contributed by atoms with Gasteiger partial charge in [0.15, 0.2) is 0 Å². The van der Waals surface area contributed by atoms with E-state index in [2.05, 4.69) is 11.9 Å². The maximum absolute atomic E-state index is 12.5. The fraction of sp³-hybridized carbons (Fsp3) is 0.600. The summed E-state index contributed by atoms with van der Waals surface area (Å²) in [4.78, 5) is 18.5. The topological polar surface area (TPSA) is 59.2 Å². The number of nitrogen functional groups attached to an aromatic ring is 1. The number of amides is 1. The summed E-state index contributed by atoms with van der Waals surface area (Å²) in [7, 11) is 0. The van der Waals surface area contributed by atoms with E-state index in [-0.39, 0.29) is 11.9 Å². The molecule has 1 heterocycles. The fourth-order valence-corrected chi connectivity index (χ4v) is 2.11. The monoisotopic (exact) mass is 263 g/mol. The van der Waals surface area contributed by atoms with Gasteiger partial charge >= 0.3 is 0 Å². The van der Waals surface area contributed by atoms with E-state index in [1.807, 2.05) is 25.7 Å². The lowest BCUT2D eigenvalue weighted by Gasteiger charge is -2.27. The average Bonchev–Trinajstić information content (AvgIpc) is 2.32. The number of hydrogen-bond acceptors (Lipinski definition) is 3. The summed E-state index contributed by atoms with van der Waals surface area (Å²) >= 11 is 0. The first-order valence-electron chi connectivity index (χ1n) is 7.00. The average molecular weight is 263 g/mol. The first-order chi connectivity index (χ1) is 8.95. The molecular formula is C15H25N3O. The molecule has 0 bridgehead atoms. The van der Waals surface area contributed by atoms with Gasteiger partial charge in [0.2, 0.25) is 0 Å². The van der Waals surface area contributed by atoms with Crippen LogP contribution in [-0.2, 0) is 0 Å². The number of carbonyl (C=O) groups excluding carboxylic acids is 1. The maximum Gasteiger partial charge on any atom is 0.254 e. The molecule has 0 spiro atoms. The van der Waals surface area contributed by atoms with Crippen LogP contribution in [0.4, 0.5) is 5.82 Å². The first kappa shape index (κ1) is 15.5. The molecule has 0 aromatic carbocycles. The number of unbranched alkanes of at least 4 members (excludes halogenated alkanes) is 2. The van der Waals surface area contributed by atoms with Crippen LogP contribution in [0.5, 0.6) is 0 Å². The van der Waals surface area contributed by atoms with Crippen molar-refractivity contribution in [1.29, 1.82) is 0 Å². The van der Waals surface area contributed by atoms with Gasteiger partial charge in [-0.1, -0.05) is 19.8 Å². The molecule has 0 aliphatic rings. The van der Waals surface area contributed by atoms with Crippen molar-refractivity contribution in [1.82, 2.24) is 9.88 Å². The molecule has 0 saturated heterocycles. The number of rotatable bonds is 6. The lowest BCUT2D eigenvalue weighted by atomic mass is 10.1. The van der Waals surface area contributed by atoms with E-state index in [1.54, 1.807) is 12.1 Å². The third kappa shape index (κ3) is 4.54. The van der Waals surface area contributed by atoms with E-state index in [9.17, 15) is 4.79 Å². The zero-order chi connectivity index (χ0) is 14.4. The quantitative estimate of drug-likeness (QED) is 0.803. The van der Waals surface area contributed by atoms with Crippen LogP contribution in [0.2, 0.25) is 0 Å². The molecule has 1 amide bonds. The van der Waals surface area contributed by atoms with Crippen molar-refractivity contribution in [2.24, 2.45) is 0 Å². The third-order valence-corrected chi connectivity index (χ3v) is 3.11. The molecule has 0 unspecified atom stereocenters. The SMILES string of the molecule is CCCCCN(C(=O)c1cc(C)nc(N)c1)C(C)C. The Morgan fingerprint density at radius 1 is 1.37 bits per heavy atom. The molecule has 19 heavy (non-hydrogen) atoms. The Hall–Kier alpha value is -1.58. The molecule has 0 aliphatic heterocycles. The van der Waals surface area contributed by atoms with Crippen LogP contribution in [0.3, 0.4) is 0 Å². The predicted octanol–water partition coefficient (Wildman–Crippen LogP) is 3.01. The summed E-state index contributed by atoms with van der Waals surface area (Å²) in [6, 6.07) is 3.65. The van der Waals surface area contributed by atoms with Crippen molar-refractivity contribution in [3.63, 3.8) is 0 Å². The molecule has 0 fully saturated rings. The molecule has 106 valence electrons. The van der Waals surface area contributed by atoms with Crippen LogP contribution in [0, 0.1) is 6.92 Å². The van der Waals surface area contributed by atoms with Gasteiger partial charge in [-0.25, -0.2) is 4.98 Å². The largest absolute Gasteiger partial charge is 0.384 e. The van der Waals surface area contributed by atoms with E-state index in [0.29, 0.717) is 11.4 Å². The Morgan fingerprint density at radius 2 is 2.05 bits per heavy atom. The molecule has 0 atom stereocenters. The number of nitrogens with zero attached hydrogens (tertiary/aromatic N) is 2. The Balaban J connectivity index is 2.86. The minimum absolute atomic E-state index is 0.0447. The Kier molecular flexibility index (Phi) is 5.80. The Morgan fingerprint density at radius 3 is 2.58 bits per heavy atom. The summed E-state index contributed by atoms with van der Waals surface area (Å²) in [6.45, 7) is 8.90. The highest BCUT2D eigenvalue weighted by Crippen LogP contribution is 2.13. The van der Waals surface area contributed by atoms with E-state index in [1.165, 1.54) is 0 Å². The first-order valence-corrected chi connectivity index (χ1v) is 7.00. The van der Waals surface area contributed by atoms with E-state index >= 15 is 0 Å². The molecule has 4 nitrogen and oxygen atoms in total. The van der Waals surface area contributed by atoms with Crippen molar-refractivity contribution >= 4 is 11.7 Å². The van der Waals surface area contributed by atoms with Crippen LogP contribution in [0.15, 0.2) is 12.1 Å². The Bertz CT molecular complexity index is 409. The zero-order valence-corrected chi connectivity index (χ0v) is 12.4. The molecule has 4 heteroatoms. The number of carbonyl (C=O) groups is 1. The van der Waals surface area contributed by atoms with E-state index in [4.69, 9.17) is 5.73 Å². The molecule has 1 rings (SSSR count). The molecule has 0 aliphatic carbocycles. The fourth-order valence-electron chi connectivity index (χ4n) is 2.11. The third-order valence-electron chi connectivity index (χ3n) is 3.11. The minimum atomic E-state index is 0.0447. The highest BCUT2D eigenvalue weighted by Gasteiger charge is 2.19. The predicted molar refractivity (Wildman–Crippen MR) is 79.1 cm³/mol. The smallest absolute Gasteiger partial charge is 0.254 e. The van der Waals surface area contributed by atoms with Gasteiger partial charge < -0.3 is 10.6 Å². The van der Waals surface area contributed by atoms with Gasteiger partial charge in [-0.3, -0.25) is 4.79 Å². The van der Waals surface area contributed by atoms with Gasteiger partial charge in [0, 0.05) is 23.8 Å². The number of nitrogens with two attached hydrogens (primary N) is 1. The highest BCUT2D eigenvalue weighted by atomic mass is 16.2. The van der Waals surface area contributed by atoms with Crippen LogP contribution >= 0.6 is 0 Å². The van der Waals surface area contributed by atoms with Crippen molar-refractivity contribution < 1.29 is 4.79 Å². The molecule has 1 aromatic heterocycles. The summed E-state index contributed by atoms with van der Waals surface area (Å²) < 4.78 is 0. The summed E-state index contributed by atoms with van der Waals surface area (Å²) in [5.74, 6) is 0.448. The number of aryl methyl sites for hydroxylation is 1. The minimum Gasteiger partial charge on any atom is -0.384 e. The van der Waals surface area contributed by atoms with Crippen molar-refractivity contribution in [2.75, 3.05) is 12.3 Å². The molecule has 0 radical (unpaired) electrons. The number of pyridine rings is 1. The van der Waals surface area contributed by atoms with Crippen LogP contribution in [0.25, 0.3) is 0 Å². The zero-order valence-electron chi connectivity index (χ0n) is 12.4. The molecular weight excluding hydrogens is 238 g/mol. The molecule has 2 N–H and O–H groups in total. The second-order valence-electron chi connectivity index (χ2n) is 5.22. The van der Waals surface area contributed by atoms with Gasteiger partial charge in [0.05, 0.1) is 0 Å². The van der Waals surface area contributed by atoms with Crippen molar-refractivity contribution in [2.45, 2.75) is 53.0 Å². The van der Waals surface area contributed by atoms with Crippen LogP contribution < -0.4 is 5.73 Å². The van der Waals surface area contributed by atoms with E-state index < -0.39 is 0 Å². The second-order valence-corrected chi connectivity index (χ2v) is 5.22. The summed E-state index contributed by atoms with van der Waals surface area (Å²) in [5, 5.41) is 0. The highest BCUT2D eigenvalue weighted by molar-refractivity contribution is 5.95. The lowest BCUT2D eigenvalue weighted by Crippen LogP contribution is -2.37. The normalized spacial score (nSPS) is 10.8. The van der Waals surface area contributed by atoms with E-state index in [0.717, 1.165) is 31.5 Å². The van der Waals surface area contributed by atoms with Crippen molar-refractivity contribution in [3.8, 4) is 0 Å².